The molecule has 0 bridgehead atoms. The average molecular weight is 451 g/mol. The Morgan fingerprint density at radius 1 is 1.17 bits per heavy atom. The minimum Gasteiger partial charge on any atom is -0.357 e. The third-order valence-electron chi connectivity index (χ3n) is 3.88. The van der Waals surface area contributed by atoms with Gasteiger partial charge in [0.2, 0.25) is 0 Å². The maximum atomic E-state index is 6.17. The molecule has 0 aromatic heterocycles. The van der Waals surface area contributed by atoms with Crippen LogP contribution in [0.1, 0.15) is 31.7 Å². The minimum absolute atomic E-state index is 0. The van der Waals surface area contributed by atoms with E-state index in [0.717, 1.165) is 36.2 Å². The van der Waals surface area contributed by atoms with Crippen LogP contribution in [0.4, 0.5) is 0 Å². The van der Waals surface area contributed by atoms with E-state index in [0.29, 0.717) is 6.54 Å². The second-order valence-electron chi connectivity index (χ2n) is 5.62. The molecule has 0 spiro atoms. The predicted octanol–water partition coefficient (Wildman–Crippen LogP) is 3.50. The summed E-state index contributed by atoms with van der Waals surface area (Å²) in [6.45, 7) is 8.00. The molecule has 1 heterocycles. The van der Waals surface area contributed by atoms with Crippen molar-refractivity contribution in [2.24, 2.45) is 4.99 Å². The molecule has 130 valence electrons. The Morgan fingerprint density at radius 2 is 1.91 bits per heavy atom. The second-order valence-corrected chi connectivity index (χ2v) is 6.02. The number of nitrogens with zero attached hydrogens (tertiary/aromatic N) is 2. The summed E-state index contributed by atoms with van der Waals surface area (Å²) in [6.07, 6.45) is 4.05. The lowest BCUT2D eigenvalue weighted by atomic mass is 10.1. The first-order valence-corrected chi connectivity index (χ1v) is 8.65. The Labute approximate surface area is 162 Å². The van der Waals surface area contributed by atoms with Gasteiger partial charge in [0, 0.05) is 24.7 Å². The van der Waals surface area contributed by atoms with Gasteiger partial charge in [-0.3, -0.25) is 0 Å². The second kappa shape index (κ2) is 11.9. The van der Waals surface area contributed by atoms with Gasteiger partial charge in [0.25, 0.3) is 0 Å². The number of piperidine rings is 1. The van der Waals surface area contributed by atoms with E-state index in [-0.39, 0.29) is 24.0 Å². The molecule has 1 saturated heterocycles. The molecule has 6 heteroatoms. The molecule has 0 atom stereocenters. The molecular weight excluding hydrogens is 423 g/mol. The summed E-state index contributed by atoms with van der Waals surface area (Å²) < 4.78 is 0. The summed E-state index contributed by atoms with van der Waals surface area (Å²) in [5.41, 5.74) is 1.05. The highest BCUT2D eigenvalue weighted by molar-refractivity contribution is 14.0. The summed E-state index contributed by atoms with van der Waals surface area (Å²) in [4.78, 5) is 7.14. The van der Waals surface area contributed by atoms with Gasteiger partial charge in [-0.2, -0.15) is 0 Å². The molecule has 0 saturated carbocycles. The molecule has 4 nitrogen and oxygen atoms in total. The largest absolute Gasteiger partial charge is 0.357 e. The van der Waals surface area contributed by atoms with Crippen molar-refractivity contribution in [1.29, 1.82) is 0 Å². The van der Waals surface area contributed by atoms with Crippen molar-refractivity contribution in [2.75, 3.05) is 32.7 Å². The highest BCUT2D eigenvalue weighted by Gasteiger charge is 2.09. The van der Waals surface area contributed by atoms with Crippen molar-refractivity contribution in [2.45, 2.75) is 32.7 Å². The van der Waals surface area contributed by atoms with E-state index in [1.807, 2.05) is 24.3 Å². The summed E-state index contributed by atoms with van der Waals surface area (Å²) in [6, 6.07) is 7.86. The fourth-order valence-electron chi connectivity index (χ4n) is 2.65. The molecule has 1 aromatic carbocycles. The van der Waals surface area contributed by atoms with Crippen LogP contribution in [0.15, 0.2) is 29.3 Å². The van der Waals surface area contributed by atoms with Crippen LogP contribution in [0.3, 0.4) is 0 Å². The summed E-state index contributed by atoms with van der Waals surface area (Å²) >= 11 is 6.17. The Balaban J connectivity index is 0.00000264. The van der Waals surface area contributed by atoms with Crippen molar-refractivity contribution in [3.05, 3.63) is 34.9 Å². The highest BCUT2D eigenvalue weighted by atomic mass is 127. The van der Waals surface area contributed by atoms with Crippen molar-refractivity contribution in [3.63, 3.8) is 0 Å². The van der Waals surface area contributed by atoms with Crippen LogP contribution in [0.5, 0.6) is 0 Å². The summed E-state index contributed by atoms with van der Waals surface area (Å²) in [5, 5.41) is 7.47. The number of benzene rings is 1. The van der Waals surface area contributed by atoms with E-state index in [9.17, 15) is 0 Å². The number of halogens is 2. The van der Waals surface area contributed by atoms with Gasteiger partial charge < -0.3 is 15.5 Å². The number of hydrogen-bond donors (Lipinski definition) is 2. The molecule has 0 unspecified atom stereocenters. The van der Waals surface area contributed by atoms with Crippen molar-refractivity contribution < 1.29 is 0 Å². The standard InChI is InChI=1S/C17H27ClN4.HI/c1-2-19-17(20-10-13-22-11-6-3-7-12-22)21-14-15-8-4-5-9-16(15)18;/h4-5,8-9H,2-3,6-7,10-14H2,1H3,(H2,19,20,21);1H. The Bertz CT molecular complexity index is 475. The number of likely N-dealkylation sites (tertiary alicyclic amines) is 1. The molecule has 2 rings (SSSR count). The zero-order valence-electron chi connectivity index (χ0n) is 13.9. The fraction of sp³-hybridized carbons (Fsp3) is 0.588. The van der Waals surface area contributed by atoms with Crippen molar-refractivity contribution in [3.8, 4) is 0 Å². The normalized spacial score (nSPS) is 15.8. The van der Waals surface area contributed by atoms with Gasteiger partial charge >= 0.3 is 0 Å². The molecule has 1 aromatic rings. The van der Waals surface area contributed by atoms with Gasteiger partial charge in [-0.15, -0.1) is 24.0 Å². The van der Waals surface area contributed by atoms with E-state index in [1.54, 1.807) is 0 Å². The van der Waals surface area contributed by atoms with E-state index in [4.69, 9.17) is 11.6 Å². The average Bonchev–Trinajstić information content (AvgIpc) is 2.55. The molecule has 1 fully saturated rings. The van der Waals surface area contributed by atoms with Crippen LogP contribution in [0.2, 0.25) is 5.02 Å². The zero-order chi connectivity index (χ0) is 15.6. The lowest BCUT2D eigenvalue weighted by molar-refractivity contribution is 0.232. The van der Waals surface area contributed by atoms with Crippen molar-refractivity contribution >= 4 is 41.5 Å². The Morgan fingerprint density at radius 3 is 2.61 bits per heavy atom. The van der Waals surface area contributed by atoms with Crippen LogP contribution in [0.25, 0.3) is 0 Å². The maximum Gasteiger partial charge on any atom is 0.191 e. The molecule has 0 radical (unpaired) electrons. The lowest BCUT2D eigenvalue weighted by Gasteiger charge is -2.26. The first kappa shape index (κ1) is 20.5. The quantitative estimate of drug-likeness (QED) is 0.396. The van der Waals surface area contributed by atoms with E-state index < -0.39 is 0 Å². The van der Waals surface area contributed by atoms with E-state index in [2.05, 4.69) is 27.4 Å². The van der Waals surface area contributed by atoms with Gasteiger partial charge in [0.1, 0.15) is 0 Å². The number of rotatable bonds is 6. The smallest absolute Gasteiger partial charge is 0.191 e. The molecule has 1 aliphatic heterocycles. The van der Waals surface area contributed by atoms with Gasteiger partial charge in [-0.25, -0.2) is 4.99 Å². The van der Waals surface area contributed by atoms with Gasteiger partial charge in [-0.05, 0) is 44.5 Å². The molecule has 1 aliphatic rings. The van der Waals surface area contributed by atoms with Crippen molar-refractivity contribution in [1.82, 2.24) is 15.5 Å². The monoisotopic (exact) mass is 450 g/mol. The number of aliphatic imine (C=N–C) groups is 1. The lowest BCUT2D eigenvalue weighted by Crippen LogP contribution is -2.42. The molecule has 2 N–H and O–H groups in total. The predicted molar refractivity (Wildman–Crippen MR) is 110 cm³/mol. The molecular formula is C17H28ClIN4. The highest BCUT2D eigenvalue weighted by Crippen LogP contribution is 2.15. The van der Waals surface area contributed by atoms with Gasteiger partial charge in [-0.1, -0.05) is 36.2 Å². The maximum absolute atomic E-state index is 6.17. The third kappa shape index (κ3) is 7.72. The minimum atomic E-state index is 0. The van der Waals surface area contributed by atoms with Crippen LogP contribution in [-0.4, -0.2) is 43.6 Å². The van der Waals surface area contributed by atoms with Crippen LogP contribution >= 0.6 is 35.6 Å². The van der Waals surface area contributed by atoms with Gasteiger partial charge in [0.05, 0.1) is 6.54 Å². The molecule has 23 heavy (non-hydrogen) atoms. The van der Waals surface area contributed by atoms with Crippen LogP contribution in [0, 0.1) is 0 Å². The molecule has 0 aliphatic carbocycles. The number of nitrogens with one attached hydrogen (secondary N) is 2. The zero-order valence-corrected chi connectivity index (χ0v) is 16.9. The summed E-state index contributed by atoms with van der Waals surface area (Å²) in [7, 11) is 0. The van der Waals surface area contributed by atoms with E-state index >= 15 is 0 Å². The SMILES string of the molecule is CCNC(=NCc1ccccc1Cl)NCCN1CCCCC1.I. The van der Waals surface area contributed by atoms with Crippen LogP contribution < -0.4 is 10.6 Å². The number of guanidine groups is 1. The summed E-state index contributed by atoms with van der Waals surface area (Å²) in [5.74, 6) is 0.861. The topological polar surface area (TPSA) is 39.7 Å². The van der Waals surface area contributed by atoms with Gasteiger partial charge in [0.15, 0.2) is 5.96 Å². The first-order valence-electron chi connectivity index (χ1n) is 8.27. The Kier molecular flexibility index (Phi) is 10.6. The number of hydrogen-bond acceptors (Lipinski definition) is 2. The van der Waals surface area contributed by atoms with E-state index in [1.165, 1.54) is 32.4 Å². The molecule has 0 amide bonds. The third-order valence-corrected chi connectivity index (χ3v) is 4.25. The van der Waals surface area contributed by atoms with Crippen LogP contribution in [-0.2, 0) is 6.54 Å². The first-order chi connectivity index (χ1) is 10.8. The Hall–Kier alpha value is -0.530. The fourth-order valence-corrected chi connectivity index (χ4v) is 2.84.